The van der Waals surface area contributed by atoms with Gasteiger partial charge < -0.3 is 20.1 Å². The smallest absolute Gasteiger partial charge is 0.251 e. The van der Waals surface area contributed by atoms with Crippen LogP contribution in [0.25, 0.3) is 0 Å². The van der Waals surface area contributed by atoms with Crippen LogP contribution in [-0.2, 0) is 0 Å². The number of methoxy groups -OCH3 is 1. The lowest BCUT2D eigenvalue weighted by Crippen LogP contribution is -2.31. The number of likely N-dealkylation sites (N-methyl/N-ethyl adjacent to an activating group) is 1. The molecule has 0 aliphatic rings. The van der Waals surface area contributed by atoms with E-state index in [4.69, 9.17) is 21.1 Å². The zero-order valence-electron chi connectivity index (χ0n) is 12.5. The van der Waals surface area contributed by atoms with Gasteiger partial charge in [-0.3, -0.25) is 4.79 Å². The molecular formula is C14H22Cl2N2O3. The molecule has 21 heavy (non-hydrogen) atoms. The zero-order chi connectivity index (χ0) is 15.0. The summed E-state index contributed by atoms with van der Waals surface area (Å²) in [6.07, 6.45) is 0. The molecule has 7 heteroatoms. The predicted molar refractivity (Wildman–Crippen MR) is 87.3 cm³/mol. The van der Waals surface area contributed by atoms with Crippen LogP contribution in [0, 0.1) is 0 Å². The Kier molecular flexibility index (Phi) is 9.95. The molecule has 120 valence electrons. The van der Waals surface area contributed by atoms with Crippen LogP contribution in [0.4, 0.5) is 0 Å². The van der Waals surface area contributed by atoms with Crippen LogP contribution in [0.2, 0.25) is 5.02 Å². The molecule has 0 radical (unpaired) electrons. The van der Waals surface area contributed by atoms with Crippen LogP contribution in [0.15, 0.2) is 12.1 Å². The number of rotatable bonds is 8. The Balaban J connectivity index is 0.00000400. The summed E-state index contributed by atoms with van der Waals surface area (Å²) in [5, 5.41) is 6.30. The third-order valence-corrected chi connectivity index (χ3v) is 2.90. The van der Waals surface area contributed by atoms with Crippen LogP contribution in [0.5, 0.6) is 11.5 Å². The minimum atomic E-state index is -0.189. The van der Waals surface area contributed by atoms with Crippen molar-refractivity contribution in [2.75, 3.05) is 33.4 Å². The minimum Gasteiger partial charge on any atom is -0.493 e. The van der Waals surface area contributed by atoms with Gasteiger partial charge in [-0.25, -0.2) is 0 Å². The maximum atomic E-state index is 12.0. The molecule has 0 saturated carbocycles. The average Bonchev–Trinajstić information content (AvgIpc) is 2.45. The van der Waals surface area contributed by atoms with Crippen LogP contribution < -0.4 is 20.1 Å². The fourth-order valence-electron chi connectivity index (χ4n) is 1.68. The maximum Gasteiger partial charge on any atom is 0.251 e. The quantitative estimate of drug-likeness (QED) is 0.716. The van der Waals surface area contributed by atoms with Gasteiger partial charge >= 0.3 is 0 Å². The summed E-state index contributed by atoms with van der Waals surface area (Å²) < 4.78 is 10.6. The number of amides is 1. The second-order valence-electron chi connectivity index (χ2n) is 4.03. The zero-order valence-corrected chi connectivity index (χ0v) is 14.1. The van der Waals surface area contributed by atoms with Gasteiger partial charge in [0.2, 0.25) is 0 Å². The maximum absolute atomic E-state index is 12.0. The lowest BCUT2D eigenvalue weighted by Gasteiger charge is -2.13. The Morgan fingerprint density at radius 3 is 2.57 bits per heavy atom. The molecule has 0 fully saturated rings. The number of benzene rings is 1. The van der Waals surface area contributed by atoms with Crippen molar-refractivity contribution in [1.29, 1.82) is 0 Å². The number of hydrogen-bond acceptors (Lipinski definition) is 4. The fourth-order valence-corrected chi connectivity index (χ4v) is 1.94. The number of carbonyl (C=O) groups is 1. The summed E-state index contributed by atoms with van der Waals surface area (Å²) in [4.78, 5) is 12.0. The average molecular weight is 337 g/mol. The van der Waals surface area contributed by atoms with E-state index in [0.717, 1.165) is 13.1 Å². The normalized spacial score (nSPS) is 9.71. The van der Waals surface area contributed by atoms with Gasteiger partial charge in [0.1, 0.15) is 0 Å². The SMILES string of the molecule is CCNCCNC(=O)c1cc(Cl)c(OCC)c(OC)c1.Cl. The lowest BCUT2D eigenvalue weighted by molar-refractivity contribution is 0.0953. The summed E-state index contributed by atoms with van der Waals surface area (Å²) >= 11 is 6.12. The molecule has 0 atom stereocenters. The molecular weight excluding hydrogens is 315 g/mol. The van der Waals surface area contributed by atoms with Crippen molar-refractivity contribution in [1.82, 2.24) is 10.6 Å². The predicted octanol–water partition coefficient (Wildman–Crippen LogP) is 2.51. The minimum absolute atomic E-state index is 0. The van der Waals surface area contributed by atoms with E-state index >= 15 is 0 Å². The molecule has 2 N–H and O–H groups in total. The van der Waals surface area contributed by atoms with Crippen molar-refractivity contribution < 1.29 is 14.3 Å². The first-order chi connectivity index (χ1) is 9.63. The van der Waals surface area contributed by atoms with Crippen molar-refractivity contribution in [3.8, 4) is 11.5 Å². The number of hydrogen-bond donors (Lipinski definition) is 2. The van der Waals surface area contributed by atoms with Crippen molar-refractivity contribution in [3.63, 3.8) is 0 Å². The monoisotopic (exact) mass is 336 g/mol. The molecule has 0 bridgehead atoms. The second kappa shape index (κ2) is 10.5. The van der Waals surface area contributed by atoms with Gasteiger partial charge in [0, 0.05) is 18.7 Å². The second-order valence-corrected chi connectivity index (χ2v) is 4.44. The molecule has 1 rings (SSSR count). The summed E-state index contributed by atoms with van der Waals surface area (Å²) in [6.45, 7) is 6.50. The largest absolute Gasteiger partial charge is 0.493 e. The Morgan fingerprint density at radius 2 is 2.00 bits per heavy atom. The van der Waals surface area contributed by atoms with Crippen LogP contribution in [0.1, 0.15) is 24.2 Å². The van der Waals surface area contributed by atoms with E-state index in [-0.39, 0.29) is 18.3 Å². The Labute approximate surface area is 136 Å². The molecule has 0 spiro atoms. The summed E-state index contributed by atoms with van der Waals surface area (Å²) in [6, 6.07) is 3.21. The van der Waals surface area contributed by atoms with Crippen molar-refractivity contribution in [3.05, 3.63) is 22.7 Å². The summed E-state index contributed by atoms with van der Waals surface area (Å²) in [5.74, 6) is 0.725. The van der Waals surface area contributed by atoms with E-state index in [1.807, 2.05) is 13.8 Å². The number of ether oxygens (including phenoxy) is 2. The van der Waals surface area contributed by atoms with Crippen molar-refractivity contribution in [2.45, 2.75) is 13.8 Å². The molecule has 0 saturated heterocycles. The van der Waals surface area contributed by atoms with Gasteiger partial charge in [-0.2, -0.15) is 0 Å². The highest BCUT2D eigenvalue weighted by Crippen LogP contribution is 2.36. The first-order valence-corrected chi connectivity index (χ1v) is 7.01. The van der Waals surface area contributed by atoms with Gasteiger partial charge in [-0.05, 0) is 25.6 Å². The molecule has 5 nitrogen and oxygen atoms in total. The Bertz CT molecular complexity index is 456. The topological polar surface area (TPSA) is 59.6 Å². The highest BCUT2D eigenvalue weighted by molar-refractivity contribution is 6.32. The molecule has 0 aliphatic carbocycles. The molecule has 1 aromatic rings. The van der Waals surface area contributed by atoms with Gasteiger partial charge in [-0.15, -0.1) is 12.4 Å². The molecule has 0 heterocycles. The molecule has 0 aliphatic heterocycles. The number of carbonyl (C=O) groups excluding carboxylic acids is 1. The van der Waals surface area contributed by atoms with Gasteiger partial charge in [-0.1, -0.05) is 18.5 Å². The van der Waals surface area contributed by atoms with Gasteiger partial charge in [0.15, 0.2) is 11.5 Å². The van der Waals surface area contributed by atoms with Gasteiger partial charge in [0.05, 0.1) is 18.7 Å². The van der Waals surface area contributed by atoms with E-state index in [1.165, 1.54) is 7.11 Å². The van der Waals surface area contributed by atoms with E-state index < -0.39 is 0 Å². The summed E-state index contributed by atoms with van der Waals surface area (Å²) in [7, 11) is 1.51. The van der Waals surface area contributed by atoms with Crippen LogP contribution in [-0.4, -0.2) is 39.3 Å². The highest BCUT2D eigenvalue weighted by Gasteiger charge is 2.15. The fraction of sp³-hybridized carbons (Fsp3) is 0.500. The van der Waals surface area contributed by atoms with E-state index in [0.29, 0.717) is 35.2 Å². The van der Waals surface area contributed by atoms with E-state index in [2.05, 4.69) is 10.6 Å². The molecule has 0 unspecified atom stereocenters. The molecule has 0 aromatic heterocycles. The first kappa shape index (κ1) is 19.8. The molecule has 1 amide bonds. The van der Waals surface area contributed by atoms with Crippen molar-refractivity contribution >= 4 is 29.9 Å². The Hall–Kier alpha value is -1.17. The Morgan fingerprint density at radius 1 is 1.29 bits per heavy atom. The standard InChI is InChI=1S/C14H21ClN2O3.ClH/c1-4-16-6-7-17-14(18)10-8-11(15)13(20-5-2)12(9-10)19-3;/h8-9,16H,4-7H2,1-3H3,(H,17,18);1H. The van der Waals surface area contributed by atoms with E-state index in [1.54, 1.807) is 12.1 Å². The number of halogens is 2. The lowest BCUT2D eigenvalue weighted by atomic mass is 10.2. The van der Waals surface area contributed by atoms with Crippen molar-refractivity contribution in [2.24, 2.45) is 0 Å². The summed E-state index contributed by atoms with van der Waals surface area (Å²) in [5.41, 5.74) is 0.451. The number of nitrogens with one attached hydrogen (secondary N) is 2. The van der Waals surface area contributed by atoms with Gasteiger partial charge in [0.25, 0.3) is 5.91 Å². The molecule has 1 aromatic carbocycles. The third kappa shape index (κ3) is 5.99. The third-order valence-electron chi connectivity index (χ3n) is 2.62. The van der Waals surface area contributed by atoms with Crippen LogP contribution in [0.3, 0.4) is 0 Å². The first-order valence-electron chi connectivity index (χ1n) is 6.63. The van der Waals surface area contributed by atoms with Crippen LogP contribution >= 0.6 is 24.0 Å². The highest BCUT2D eigenvalue weighted by atomic mass is 35.5. The van der Waals surface area contributed by atoms with E-state index in [9.17, 15) is 4.79 Å².